The predicted molar refractivity (Wildman–Crippen MR) is 81.0 cm³/mol. The molecule has 0 fully saturated rings. The van der Waals surface area contributed by atoms with E-state index in [0.717, 1.165) is 11.8 Å². The van der Waals surface area contributed by atoms with E-state index < -0.39 is 5.97 Å². The molecule has 0 saturated carbocycles. The lowest BCUT2D eigenvalue weighted by molar-refractivity contribution is 0.0693. The lowest BCUT2D eigenvalue weighted by Crippen LogP contribution is -2.01. The van der Waals surface area contributed by atoms with Gasteiger partial charge in [-0.2, -0.15) is 0 Å². The molecule has 0 radical (unpaired) electrons. The number of hydrogen-bond acceptors (Lipinski definition) is 5. The van der Waals surface area contributed by atoms with E-state index in [-0.39, 0.29) is 10.6 Å². The summed E-state index contributed by atoms with van der Waals surface area (Å²) < 4.78 is 5.56. The van der Waals surface area contributed by atoms with Crippen LogP contribution in [0.3, 0.4) is 0 Å². The Bertz CT molecular complexity index is 814. The highest BCUT2D eigenvalue weighted by molar-refractivity contribution is 7.99. The van der Waals surface area contributed by atoms with Crippen molar-refractivity contribution in [3.8, 4) is 0 Å². The minimum absolute atomic E-state index is 0.0206. The molecule has 0 amide bonds. The van der Waals surface area contributed by atoms with Gasteiger partial charge in [0.2, 0.25) is 0 Å². The van der Waals surface area contributed by atoms with Gasteiger partial charge in [0, 0.05) is 5.69 Å². The van der Waals surface area contributed by atoms with Crippen molar-refractivity contribution in [1.29, 1.82) is 0 Å². The first-order valence-electron chi connectivity index (χ1n) is 5.90. The van der Waals surface area contributed by atoms with Gasteiger partial charge < -0.3 is 15.3 Å². The molecular weight excluding hydrogens is 312 g/mol. The van der Waals surface area contributed by atoms with Crippen LogP contribution in [0.25, 0.3) is 11.1 Å². The molecular formula is C14H9ClN2O3S. The number of fused-ring (bicyclic) bond motifs is 1. The fourth-order valence-electron chi connectivity index (χ4n) is 1.86. The highest BCUT2D eigenvalue weighted by Gasteiger charge is 2.18. The van der Waals surface area contributed by atoms with Crippen molar-refractivity contribution in [2.75, 3.05) is 5.73 Å². The number of aromatic carboxylic acids is 1. The maximum Gasteiger partial charge on any atom is 0.336 e. The van der Waals surface area contributed by atoms with Crippen LogP contribution in [0, 0.1) is 0 Å². The number of aromatic nitrogens is 1. The van der Waals surface area contributed by atoms with Crippen molar-refractivity contribution in [2.24, 2.45) is 0 Å². The lowest BCUT2D eigenvalue weighted by atomic mass is 10.2. The summed E-state index contributed by atoms with van der Waals surface area (Å²) in [6.45, 7) is 0. The highest BCUT2D eigenvalue weighted by Crippen LogP contribution is 2.38. The van der Waals surface area contributed by atoms with Crippen molar-refractivity contribution in [1.82, 2.24) is 4.98 Å². The van der Waals surface area contributed by atoms with Gasteiger partial charge >= 0.3 is 5.97 Å². The Morgan fingerprint density at radius 1 is 1.33 bits per heavy atom. The van der Waals surface area contributed by atoms with Crippen LogP contribution in [0.5, 0.6) is 0 Å². The number of anilines is 1. The van der Waals surface area contributed by atoms with Gasteiger partial charge in [0.15, 0.2) is 5.58 Å². The summed E-state index contributed by atoms with van der Waals surface area (Å²) in [5, 5.41) is 9.83. The molecule has 0 spiro atoms. The third-order valence-electron chi connectivity index (χ3n) is 2.76. The van der Waals surface area contributed by atoms with Gasteiger partial charge in [-0.3, -0.25) is 0 Å². The van der Waals surface area contributed by atoms with Crippen LogP contribution in [-0.2, 0) is 0 Å². The minimum Gasteiger partial charge on any atom is -0.478 e. The summed E-state index contributed by atoms with van der Waals surface area (Å²) in [5.74, 6) is -1.11. The summed E-state index contributed by atoms with van der Waals surface area (Å²) in [7, 11) is 0. The number of carbonyl (C=O) groups is 1. The number of nitrogens with zero attached hydrogens (tertiary/aromatic N) is 1. The quantitative estimate of drug-likeness (QED) is 0.711. The monoisotopic (exact) mass is 320 g/mol. The molecule has 0 bridgehead atoms. The van der Waals surface area contributed by atoms with Crippen LogP contribution in [0.2, 0.25) is 5.02 Å². The summed E-state index contributed by atoms with van der Waals surface area (Å²) in [5.41, 5.74) is 7.26. The van der Waals surface area contributed by atoms with Gasteiger partial charge in [-0.05, 0) is 36.0 Å². The Labute approximate surface area is 128 Å². The smallest absolute Gasteiger partial charge is 0.336 e. The number of halogens is 1. The molecule has 0 aliphatic carbocycles. The molecule has 3 aromatic rings. The molecule has 0 saturated heterocycles. The molecule has 106 valence electrons. The molecule has 1 heterocycles. The first kappa shape index (κ1) is 13.8. The molecule has 0 unspecified atom stereocenters. The van der Waals surface area contributed by atoms with E-state index in [1.54, 1.807) is 6.07 Å². The minimum atomic E-state index is -1.11. The van der Waals surface area contributed by atoms with Gasteiger partial charge in [-0.15, -0.1) is 0 Å². The second-order valence-electron chi connectivity index (χ2n) is 4.23. The summed E-state index contributed by atoms with van der Waals surface area (Å²) in [6.07, 6.45) is 0. The third-order valence-corrected chi connectivity index (χ3v) is 4.16. The van der Waals surface area contributed by atoms with E-state index in [9.17, 15) is 9.90 Å². The largest absolute Gasteiger partial charge is 0.478 e. The molecule has 2 aromatic carbocycles. The second kappa shape index (κ2) is 5.31. The SMILES string of the molecule is Nc1cc(Cl)c(Sc2nc3ccccc3o2)c(C(=O)O)c1. The summed E-state index contributed by atoms with van der Waals surface area (Å²) in [4.78, 5) is 15.9. The van der Waals surface area contributed by atoms with E-state index in [1.807, 2.05) is 18.2 Å². The average Bonchev–Trinajstić information content (AvgIpc) is 2.83. The van der Waals surface area contributed by atoms with Gasteiger partial charge in [0.1, 0.15) is 5.52 Å². The van der Waals surface area contributed by atoms with Crippen molar-refractivity contribution in [3.63, 3.8) is 0 Å². The molecule has 5 nitrogen and oxygen atoms in total. The van der Waals surface area contributed by atoms with Crippen molar-refractivity contribution < 1.29 is 14.3 Å². The van der Waals surface area contributed by atoms with Crippen LogP contribution >= 0.6 is 23.4 Å². The molecule has 0 atom stereocenters. The first-order valence-corrected chi connectivity index (χ1v) is 7.10. The van der Waals surface area contributed by atoms with Crippen LogP contribution in [-0.4, -0.2) is 16.1 Å². The number of rotatable bonds is 3. The zero-order valence-corrected chi connectivity index (χ0v) is 12.1. The van der Waals surface area contributed by atoms with E-state index >= 15 is 0 Å². The topological polar surface area (TPSA) is 89.4 Å². The van der Waals surface area contributed by atoms with Crippen LogP contribution in [0.4, 0.5) is 5.69 Å². The first-order chi connectivity index (χ1) is 10.0. The number of nitrogen functional groups attached to an aromatic ring is 1. The van der Waals surface area contributed by atoms with Crippen molar-refractivity contribution in [3.05, 3.63) is 47.0 Å². The van der Waals surface area contributed by atoms with Crippen LogP contribution < -0.4 is 5.73 Å². The van der Waals surface area contributed by atoms with E-state index in [1.165, 1.54) is 12.1 Å². The summed E-state index contributed by atoms with van der Waals surface area (Å²) >= 11 is 7.15. The maximum absolute atomic E-state index is 11.3. The average molecular weight is 321 g/mol. The Balaban J connectivity index is 2.06. The molecule has 7 heteroatoms. The van der Waals surface area contributed by atoms with Crippen LogP contribution in [0.1, 0.15) is 10.4 Å². The number of carboxylic acid groups (broad SMARTS) is 1. The third kappa shape index (κ3) is 2.68. The number of oxazole rings is 1. The highest BCUT2D eigenvalue weighted by atomic mass is 35.5. The molecule has 0 aliphatic heterocycles. The Kier molecular flexibility index (Phi) is 3.48. The van der Waals surface area contributed by atoms with Gasteiger partial charge in [-0.25, -0.2) is 9.78 Å². The zero-order chi connectivity index (χ0) is 15.0. The van der Waals surface area contributed by atoms with Gasteiger partial charge in [-0.1, -0.05) is 23.7 Å². The van der Waals surface area contributed by atoms with Crippen molar-refractivity contribution in [2.45, 2.75) is 10.1 Å². The predicted octanol–water partition coefficient (Wildman–Crippen LogP) is 3.91. The Hall–Kier alpha value is -2.18. The number of benzene rings is 2. The number of para-hydroxylation sites is 2. The molecule has 0 aliphatic rings. The van der Waals surface area contributed by atoms with Crippen LogP contribution in [0.15, 0.2) is 50.9 Å². The molecule has 21 heavy (non-hydrogen) atoms. The zero-order valence-electron chi connectivity index (χ0n) is 10.5. The lowest BCUT2D eigenvalue weighted by Gasteiger charge is -2.07. The second-order valence-corrected chi connectivity index (χ2v) is 5.60. The van der Waals surface area contributed by atoms with Gasteiger partial charge in [0.25, 0.3) is 5.22 Å². The number of hydrogen-bond donors (Lipinski definition) is 2. The van der Waals surface area contributed by atoms with E-state index in [0.29, 0.717) is 26.9 Å². The van der Waals surface area contributed by atoms with Gasteiger partial charge in [0.05, 0.1) is 15.5 Å². The summed E-state index contributed by atoms with van der Waals surface area (Å²) in [6, 6.07) is 10.1. The molecule has 3 rings (SSSR count). The number of carboxylic acids is 1. The molecule has 1 aromatic heterocycles. The fraction of sp³-hybridized carbons (Fsp3) is 0. The maximum atomic E-state index is 11.3. The Morgan fingerprint density at radius 3 is 2.81 bits per heavy atom. The van der Waals surface area contributed by atoms with E-state index in [4.69, 9.17) is 21.8 Å². The molecule has 3 N–H and O–H groups in total. The number of nitrogens with two attached hydrogens (primary N) is 1. The Morgan fingerprint density at radius 2 is 2.10 bits per heavy atom. The normalized spacial score (nSPS) is 10.9. The standard InChI is InChI=1S/C14H9ClN2O3S/c15-9-6-7(16)5-8(13(18)19)12(9)21-14-17-10-3-1-2-4-11(10)20-14/h1-6H,16H2,(H,18,19). The van der Waals surface area contributed by atoms with Crippen molar-refractivity contribution >= 4 is 46.1 Å². The van der Waals surface area contributed by atoms with E-state index in [2.05, 4.69) is 4.98 Å². The fourth-order valence-corrected chi connectivity index (χ4v) is 3.07.